The summed E-state index contributed by atoms with van der Waals surface area (Å²) in [7, 11) is 0. The minimum Gasteiger partial charge on any atom is -0.481 e. The van der Waals surface area contributed by atoms with Crippen LogP contribution in [0.5, 0.6) is 0 Å². The number of rotatable bonds is 5. The highest BCUT2D eigenvalue weighted by Crippen LogP contribution is 2.59. The van der Waals surface area contributed by atoms with Crippen molar-refractivity contribution in [2.24, 2.45) is 5.41 Å². The lowest BCUT2D eigenvalue weighted by Gasteiger charge is -2.19. The van der Waals surface area contributed by atoms with Crippen LogP contribution >= 0.6 is 0 Å². The second-order valence-corrected chi connectivity index (χ2v) is 7.19. The predicted octanol–water partition coefficient (Wildman–Crippen LogP) is 3.11. The number of pyridine rings is 1. The number of hydrogen-bond acceptors (Lipinski definition) is 4. The normalized spacial score (nSPS) is 22.5. The van der Waals surface area contributed by atoms with Gasteiger partial charge in [0.2, 0.25) is 0 Å². The molecule has 2 unspecified atom stereocenters. The van der Waals surface area contributed by atoms with Gasteiger partial charge in [-0.05, 0) is 50.1 Å². The SMILES string of the molecule is CCCc1c(/C=C/c2cccc(C)n2)nc2n(c1=O)C1CC1(C(=O)O)C=C2. The number of fused-ring (bicyclic) bond motifs is 3. The van der Waals surface area contributed by atoms with Gasteiger partial charge >= 0.3 is 5.97 Å². The number of nitrogens with zero attached hydrogens (tertiary/aromatic N) is 3. The van der Waals surface area contributed by atoms with Gasteiger partial charge in [0.1, 0.15) is 11.2 Å². The Kier molecular flexibility index (Phi) is 4.06. The fraction of sp³-hybridized carbons (Fsp3) is 0.333. The number of hydrogen-bond donors (Lipinski definition) is 1. The molecular weight excluding hydrogens is 342 g/mol. The lowest BCUT2D eigenvalue weighted by molar-refractivity contribution is -0.141. The molecule has 2 aromatic heterocycles. The molecule has 0 bridgehead atoms. The summed E-state index contributed by atoms with van der Waals surface area (Å²) in [5.74, 6) is -0.357. The van der Waals surface area contributed by atoms with E-state index in [1.807, 2.05) is 44.2 Å². The summed E-state index contributed by atoms with van der Waals surface area (Å²) in [5, 5.41) is 9.51. The summed E-state index contributed by atoms with van der Waals surface area (Å²) in [4.78, 5) is 33.8. The van der Waals surface area contributed by atoms with Gasteiger partial charge in [0.05, 0.1) is 17.4 Å². The van der Waals surface area contributed by atoms with Gasteiger partial charge < -0.3 is 5.11 Å². The number of carboxylic acid groups (broad SMARTS) is 1. The third kappa shape index (κ3) is 2.81. The molecule has 1 N–H and O–H groups in total. The van der Waals surface area contributed by atoms with E-state index >= 15 is 0 Å². The third-order valence-electron chi connectivity index (χ3n) is 5.30. The number of carbonyl (C=O) groups is 1. The molecular formula is C21H21N3O3. The molecule has 4 rings (SSSR count). The Hall–Kier alpha value is -3.02. The van der Waals surface area contributed by atoms with E-state index in [9.17, 15) is 14.7 Å². The van der Waals surface area contributed by atoms with Gasteiger partial charge in [-0.15, -0.1) is 0 Å². The molecule has 0 spiro atoms. The van der Waals surface area contributed by atoms with Crippen LogP contribution < -0.4 is 5.56 Å². The van der Waals surface area contributed by atoms with Crippen molar-refractivity contribution < 1.29 is 9.90 Å². The molecule has 1 saturated carbocycles. The fourth-order valence-corrected chi connectivity index (χ4v) is 3.75. The number of carboxylic acids is 1. The summed E-state index contributed by atoms with van der Waals surface area (Å²) in [5.41, 5.74) is 1.92. The molecule has 0 aromatic carbocycles. The second kappa shape index (κ2) is 6.30. The Morgan fingerprint density at radius 3 is 2.89 bits per heavy atom. The highest BCUT2D eigenvalue weighted by molar-refractivity contribution is 5.84. The van der Waals surface area contributed by atoms with Crippen LogP contribution in [0.25, 0.3) is 18.2 Å². The molecule has 0 saturated heterocycles. The van der Waals surface area contributed by atoms with Gasteiger partial charge in [-0.1, -0.05) is 25.5 Å². The maximum atomic E-state index is 13.1. The molecule has 6 nitrogen and oxygen atoms in total. The smallest absolute Gasteiger partial charge is 0.315 e. The summed E-state index contributed by atoms with van der Waals surface area (Å²) in [6.07, 6.45) is 8.88. The predicted molar refractivity (Wildman–Crippen MR) is 103 cm³/mol. The Bertz CT molecular complexity index is 1050. The minimum absolute atomic E-state index is 0.129. The standard InChI is InChI=1S/C21H21N3O3/c1-3-5-15-16(9-8-14-7-4-6-13(2)22-14)23-18-10-11-21(20(26)27)12-17(21)24(18)19(15)25/h4,6-11,17H,3,5,12H2,1-2H3,(H,26,27)/b9-8+. The molecule has 1 aliphatic carbocycles. The lowest BCUT2D eigenvalue weighted by atomic mass is 10.0. The third-order valence-corrected chi connectivity index (χ3v) is 5.30. The van der Waals surface area contributed by atoms with Gasteiger partial charge in [-0.3, -0.25) is 19.1 Å². The summed E-state index contributed by atoms with van der Waals surface area (Å²) in [6.45, 7) is 3.94. The summed E-state index contributed by atoms with van der Waals surface area (Å²) >= 11 is 0. The molecule has 0 radical (unpaired) electrons. The quantitative estimate of drug-likeness (QED) is 0.882. The lowest BCUT2D eigenvalue weighted by Crippen LogP contribution is -2.32. The first kappa shape index (κ1) is 17.4. The topological polar surface area (TPSA) is 85.1 Å². The summed E-state index contributed by atoms with van der Waals surface area (Å²) in [6, 6.07) is 5.44. The first-order valence-electron chi connectivity index (χ1n) is 9.16. The highest BCUT2D eigenvalue weighted by atomic mass is 16.4. The van der Waals surface area contributed by atoms with Crippen molar-refractivity contribution >= 4 is 24.2 Å². The average molecular weight is 363 g/mol. The van der Waals surface area contributed by atoms with Crippen LogP contribution in [-0.4, -0.2) is 25.6 Å². The zero-order valence-electron chi connectivity index (χ0n) is 15.3. The van der Waals surface area contributed by atoms with Crippen molar-refractivity contribution in [3.63, 3.8) is 0 Å². The molecule has 1 aliphatic heterocycles. The van der Waals surface area contributed by atoms with Gasteiger partial charge in [-0.2, -0.15) is 0 Å². The van der Waals surface area contributed by atoms with Crippen LogP contribution in [-0.2, 0) is 11.2 Å². The Labute approximate surface area is 156 Å². The largest absolute Gasteiger partial charge is 0.481 e. The van der Waals surface area contributed by atoms with Crippen LogP contribution in [0.15, 0.2) is 29.1 Å². The summed E-state index contributed by atoms with van der Waals surface area (Å²) < 4.78 is 1.57. The zero-order valence-corrected chi connectivity index (χ0v) is 15.3. The maximum Gasteiger partial charge on any atom is 0.315 e. The Balaban J connectivity index is 1.79. The van der Waals surface area contributed by atoms with Gasteiger partial charge in [-0.25, -0.2) is 4.98 Å². The van der Waals surface area contributed by atoms with Crippen LogP contribution in [0, 0.1) is 12.3 Å². The highest BCUT2D eigenvalue weighted by Gasteiger charge is 2.62. The molecule has 2 atom stereocenters. The van der Waals surface area contributed by atoms with Gasteiger partial charge in [0, 0.05) is 11.3 Å². The van der Waals surface area contributed by atoms with Gasteiger partial charge in [0.25, 0.3) is 5.56 Å². The first-order chi connectivity index (χ1) is 13.0. The van der Waals surface area contributed by atoms with Gasteiger partial charge in [0.15, 0.2) is 0 Å². The Morgan fingerprint density at radius 1 is 1.37 bits per heavy atom. The van der Waals surface area contributed by atoms with Crippen LogP contribution in [0.2, 0.25) is 0 Å². The molecule has 1 fully saturated rings. The van der Waals surface area contributed by atoms with E-state index in [0.29, 0.717) is 29.9 Å². The van der Waals surface area contributed by atoms with E-state index in [1.54, 1.807) is 16.7 Å². The molecule has 0 amide bonds. The van der Waals surface area contributed by atoms with Crippen molar-refractivity contribution in [2.45, 2.75) is 39.2 Å². The number of aromatic nitrogens is 3. The Morgan fingerprint density at radius 2 is 2.19 bits per heavy atom. The first-order valence-corrected chi connectivity index (χ1v) is 9.16. The molecule has 138 valence electrons. The van der Waals surface area contributed by atoms with Crippen molar-refractivity contribution in [3.05, 3.63) is 63.1 Å². The van der Waals surface area contributed by atoms with Crippen LogP contribution in [0.1, 0.15) is 54.3 Å². The molecule has 2 aliphatic rings. The second-order valence-electron chi connectivity index (χ2n) is 7.19. The monoisotopic (exact) mass is 363 g/mol. The van der Waals surface area contributed by atoms with Crippen molar-refractivity contribution in [3.8, 4) is 0 Å². The molecule has 6 heteroatoms. The molecule has 3 heterocycles. The van der Waals surface area contributed by atoms with E-state index in [0.717, 1.165) is 17.8 Å². The fourth-order valence-electron chi connectivity index (χ4n) is 3.75. The van der Waals surface area contributed by atoms with E-state index in [1.165, 1.54) is 0 Å². The zero-order chi connectivity index (χ0) is 19.2. The van der Waals surface area contributed by atoms with E-state index in [4.69, 9.17) is 0 Å². The van der Waals surface area contributed by atoms with E-state index < -0.39 is 11.4 Å². The molecule has 2 aromatic rings. The van der Waals surface area contributed by atoms with Crippen LogP contribution in [0.3, 0.4) is 0 Å². The number of aryl methyl sites for hydroxylation is 1. The minimum atomic E-state index is -0.940. The van der Waals surface area contributed by atoms with Crippen molar-refractivity contribution in [1.29, 1.82) is 0 Å². The van der Waals surface area contributed by atoms with E-state index in [-0.39, 0.29) is 11.6 Å². The van der Waals surface area contributed by atoms with E-state index in [2.05, 4.69) is 9.97 Å². The number of aliphatic carboxylic acids is 1. The average Bonchev–Trinajstić information content (AvgIpc) is 3.39. The maximum absolute atomic E-state index is 13.1. The van der Waals surface area contributed by atoms with Crippen molar-refractivity contribution in [2.75, 3.05) is 0 Å². The van der Waals surface area contributed by atoms with Crippen LogP contribution in [0.4, 0.5) is 0 Å². The molecule has 27 heavy (non-hydrogen) atoms. The van der Waals surface area contributed by atoms with Crippen molar-refractivity contribution in [1.82, 2.24) is 14.5 Å².